The minimum Gasteiger partial charge on any atom is -0.300 e. The first-order valence-electron chi connectivity index (χ1n) is 12.2. The van der Waals surface area contributed by atoms with Crippen molar-refractivity contribution >= 4 is 11.6 Å². The maximum absolute atomic E-state index is 12.2. The molecule has 0 spiro atoms. The summed E-state index contributed by atoms with van der Waals surface area (Å²) in [5.74, 6) is 2.50. The molecule has 2 nitrogen and oxygen atoms in total. The molecule has 1 aliphatic carbocycles. The van der Waals surface area contributed by atoms with Crippen molar-refractivity contribution in [3.8, 4) is 0 Å². The van der Waals surface area contributed by atoms with Gasteiger partial charge in [-0.3, -0.25) is 9.59 Å². The van der Waals surface area contributed by atoms with Crippen LogP contribution in [0, 0.1) is 11.8 Å². The van der Waals surface area contributed by atoms with Gasteiger partial charge in [0, 0.05) is 25.7 Å². The molecule has 0 amide bonds. The fourth-order valence-corrected chi connectivity index (χ4v) is 4.76. The highest BCUT2D eigenvalue weighted by molar-refractivity contribution is 5.79. The van der Waals surface area contributed by atoms with E-state index in [1.807, 2.05) is 0 Å². The first-order valence-corrected chi connectivity index (χ1v) is 12.2. The molecule has 0 saturated heterocycles. The summed E-state index contributed by atoms with van der Waals surface area (Å²) < 4.78 is 0. The van der Waals surface area contributed by atoms with Gasteiger partial charge in [0.05, 0.1) is 0 Å². The summed E-state index contributed by atoms with van der Waals surface area (Å²) in [4.78, 5) is 24.1. The Labute approximate surface area is 169 Å². The predicted molar refractivity (Wildman–Crippen MR) is 116 cm³/mol. The third-order valence-corrected chi connectivity index (χ3v) is 6.49. The molecule has 1 saturated carbocycles. The monoisotopic (exact) mass is 378 g/mol. The highest BCUT2D eigenvalue weighted by atomic mass is 16.1. The number of carbonyl (C=O) groups excluding carboxylic acids is 2. The van der Waals surface area contributed by atoms with E-state index < -0.39 is 0 Å². The molecular formula is C25H46O2. The molecule has 2 unspecified atom stereocenters. The zero-order chi connectivity index (χ0) is 19.7. The third-order valence-electron chi connectivity index (χ3n) is 6.49. The summed E-state index contributed by atoms with van der Waals surface area (Å²) in [7, 11) is 0. The highest BCUT2D eigenvalue weighted by Crippen LogP contribution is 2.36. The molecule has 0 radical (unpaired) electrons. The van der Waals surface area contributed by atoms with E-state index in [2.05, 4.69) is 13.8 Å². The van der Waals surface area contributed by atoms with E-state index in [1.165, 1.54) is 70.6 Å². The SMILES string of the molecule is CCCCCCCCC(=O)CCCCC(=O)CCC1CCCCC1CCC. The van der Waals surface area contributed by atoms with Gasteiger partial charge < -0.3 is 0 Å². The Morgan fingerprint density at radius 1 is 0.593 bits per heavy atom. The predicted octanol–water partition coefficient (Wildman–Crippen LogP) is 7.82. The topological polar surface area (TPSA) is 34.1 Å². The second-order valence-corrected chi connectivity index (χ2v) is 8.93. The molecule has 0 aliphatic heterocycles. The summed E-state index contributed by atoms with van der Waals surface area (Å²) >= 11 is 0. The highest BCUT2D eigenvalue weighted by Gasteiger charge is 2.24. The van der Waals surface area contributed by atoms with Crippen molar-refractivity contribution in [1.29, 1.82) is 0 Å². The lowest BCUT2D eigenvalue weighted by molar-refractivity contribution is -0.121. The van der Waals surface area contributed by atoms with Gasteiger partial charge in [-0.1, -0.05) is 84.5 Å². The van der Waals surface area contributed by atoms with Crippen molar-refractivity contribution in [2.45, 2.75) is 136 Å². The maximum atomic E-state index is 12.2. The van der Waals surface area contributed by atoms with Crippen LogP contribution < -0.4 is 0 Å². The molecule has 1 fully saturated rings. The first-order chi connectivity index (χ1) is 13.2. The molecule has 0 aromatic rings. The van der Waals surface area contributed by atoms with Gasteiger partial charge in [0.1, 0.15) is 11.6 Å². The Hall–Kier alpha value is -0.660. The van der Waals surface area contributed by atoms with Crippen LogP contribution in [0.5, 0.6) is 0 Å². The molecule has 2 heteroatoms. The molecule has 0 aromatic heterocycles. The number of hydrogen-bond donors (Lipinski definition) is 0. The number of rotatable bonds is 17. The van der Waals surface area contributed by atoms with Crippen molar-refractivity contribution in [1.82, 2.24) is 0 Å². The Morgan fingerprint density at radius 2 is 1.07 bits per heavy atom. The zero-order valence-corrected chi connectivity index (χ0v) is 18.4. The second-order valence-electron chi connectivity index (χ2n) is 8.93. The van der Waals surface area contributed by atoms with Gasteiger partial charge >= 0.3 is 0 Å². The van der Waals surface area contributed by atoms with E-state index in [4.69, 9.17) is 0 Å². The number of ketones is 2. The van der Waals surface area contributed by atoms with E-state index in [0.717, 1.165) is 50.4 Å². The van der Waals surface area contributed by atoms with Gasteiger partial charge in [0.25, 0.3) is 0 Å². The molecule has 1 aliphatic rings. The first kappa shape index (κ1) is 24.4. The largest absolute Gasteiger partial charge is 0.300 e. The number of carbonyl (C=O) groups is 2. The number of unbranched alkanes of at least 4 members (excludes halogenated alkanes) is 6. The Morgan fingerprint density at radius 3 is 1.67 bits per heavy atom. The molecule has 2 atom stereocenters. The zero-order valence-electron chi connectivity index (χ0n) is 18.4. The molecule has 0 bridgehead atoms. The fraction of sp³-hybridized carbons (Fsp3) is 0.920. The summed E-state index contributed by atoms with van der Waals surface area (Å²) in [5.41, 5.74) is 0. The van der Waals surface area contributed by atoms with Crippen molar-refractivity contribution in [2.24, 2.45) is 11.8 Å². The van der Waals surface area contributed by atoms with Crippen molar-refractivity contribution in [3.63, 3.8) is 0 Å². The normalized spacial score (nSPS) is 19.9. The van der Waals surface area contributed by atoms with E-state index >= 15 is 0 Å². The van der Waals surface area contributed by atoms with E-state index in [0.29, 0.717) is 24.4 Å². The van der Waals surface area contributed by atoms with Crippen LogP contribution >= 0.6 is 0 Å². The molecule has 0 N–H and O–H groups in total. The Kier molecular flexibility index (Phi) is 14.7. The Balaban J connectivity index is 2.00. The fourth-order valence-electron chi connectivity index (χ4n) is 4.76. The van der Waals surface area contributed by atoms with Crippen LogP contribution in [0.15, 0.2) is 0 Å². The molecular weight excluding hydrogens is 332 g/mol. The van der Waals surface area contributed by atoms with Gasteiger partial charge in [-0.05, 0) is 37.5 Å². The quantitative estimate of drug-likeness (QED) is 0.242. The maximum Gasteiger partial charge on any atom is 0.132 e. The lowest BCUT2D eigenvalue weighted by Crippen LogP contribution is -2.20. The number of Topliss-reactive ketones (excluding diaryl/α,β-unsaturated/α-hetero) is 2. The number of hydrogen-bond acceptors (Lipinski definition) is 2. The van der Waals surface area contributed by atoms with Crippen molar-refractivity contribution < 1.29 is 9.59 Å². The van der Waals surface area contributed by atoms with Crippen LogP contribution in [0.25, 0.3) is 0 Å². The van der Waals surface area contributed by atoms with Crippen LogP contribution in [0.3, 0.4) is 0 Å². The molecule has 0 aromatic carbocycles. The average Bonchev–Trinajstić information content (AvgIpc) is 2.67. The third kappa shape index (κ3) is 12.4. The van der Waals surface area contributed by atoms with Crippen LogP contribution in [-0.2, 0) is 9.59 Å². The van der Waals surface area contributed by atoms with Crippen LogP contribution in [-0.4, -0.2) is 11.6 Å². The second kappa shape index (κ2) is 16.3. The smallest absolute Gasteiger partial charge is 0.132 e. The van der Waals surface area contributed by atoms with E-state index in [9.17, 15) is 9.59 Å². The average molecular weight is 379 g/mol. The molecule has 158 valence electrons. The van der Waals surface area contributed by atoms with Crippen LogP contribution in [0.2, 0.25) is 0 Å². The van der Waals surface area contributed by atoms with E-state index in [-0.39, 0.29) is 0 Å². The molecule has 0 heterocycles. The standard InChI is InChI=1S/C25H46O2/c1-3-5-6-7-8-9-17-24(26)18-12-13-19-25(27)21-20-23-16-11-10-15-22(23)14-4-2/h22-23H,3-21H2,1-2H3. The van der Waals surface area contributed by atoms with Gasteiger partial charge in [-0.15, -0.1) is 0 Å². The lowest BCUT2D eigenvalue weighted by Gasteiger charge is -2.31. The van der Waals surface area contributed by atoms with E-state index in [1.54, 1.807) is 0 Å². The van der Waals surface area contributed by atoms with Crippen LogP contribution in [0.1, 0.15) is 136 Å². The summed E-state index contributed by atoms with van der Waals surface area (Å²) in [6, 6.07) is 0. The molecule has 27 heavy (non-hydrogen) atoms. The minimum atomic E-state index is 0.405. The Bertz CT molecular complexity index is 386. The lowest BCUT2D eigenvalue weighted by atomic mass is 9.74. The minimum absolute atomic E-state index is 0.405. The summed E-state index contributed by atoms with van der Waals surface area (Å²) in [5, 5.41) is 0. The van der Waals surface area contributed by atoms with Crippen molar-refractivity contribution in [2.75, 3.05) is 0 Å². The van der Waals surface area contributed by atoms with Gasteiger partial charge in [0.2, 0.25) is 0 Å². The summed E-state index contributed by atoms with van der Waals surface area (Å²) in [6.07, 6.45) is 21.4. The van der Waals surface area contributed by atoms with Gasteiger partial charge in [-0.2, -0.15) is 0 Å². The van der Waals surface area contributed by atoms with Gasteiger partial charge in [0.15, 0.2) is 0 Å². The van der Waals surface area contributed by atoms with Gasteiger partial charge in [-0.25, -0.2) is 0 Å². The van der Waals surface area contributed by atoms with Crippen LogP contribution in [0.4, 0.5) is 0 Å². The summed E-state index contributed by atoms with van der Waals surface area (Å²) in [6.45, 7) is 4.51. The van der Waals surface area contributed by atoms with Crippen molar-refractivity contribution in [3.05, 3.63) is 0 Å². The molecule has 1 rings (SSSR count).